The van der Waals surface area contributed by atoms with Gasteiger partial charge in [0.2, 0.25) is 17.7 Å². The van der Waals surface area contributed by atoms with Crippen molar-refractivity contribution in [1.82, 2.24) is 15.1 Å². The van der Waals surface area contributed by atoms with Gasteiger partial charge >= 0.3 is 0 Å². The van der Waals surface area contributed by atoms with Crippen LogP contribution in [0.5, 0.6) is 0 Å². The van der Waals surface area contributed by atoms with Crippen molar-refractivity contribution in [3.63, 3.8) is 0 Å². The molecule has 1 aromatic heterocycles. The van der Waals surface area contributed by atoms with Crippen LogP contribution in [0, 0.1) is 18.7 Å². The number of carbonyl (C=O) groups is 1. The van der Waals surface area contributed by atoms with E-state index >= 15 is 0 Å². The third-order valence-corrected chi connectivity index (χ3v) is 5.11. The van der Waals surface area contributed by atoms with Crippen LogP contribution in [0.4, 0.5) is 10.1 Å². The fourth-order valence-corrected chi connectivity index (χ4v) is 3.67. The summed E-state index contributed by atoms with van der Waals surface area (Å²) in [5, 5.41) is 10.9. The Morgan fingerprint density at radius 3 is 2.79 bits per heavy atom. The molecule has 0 aliphatic carbocycles. The second kappa shape index (κ2) is 8.53. The number of carbonyl (C=O) groups excluding carboxylic acids is 1. The number of hydrogen-bond donors (Lipinski definition) is 1. The van der Waals surface area contributed by atoms with Crippen LogP contribution in [-0.2, 0) is 11.3 Å². The molecule has 1 N–H and O–H groups in total. The maximum atomic E-state index is 13.2. The lowest BCUT2D eigenvalue weighted by Crippen LogP contribution is -2.40. The summed E-state index contributed by atoms with van der Waals surface area (Å²) in [6.45, 7) is 3.89. The van der Waals surface area contributed by atoms with Gasteiger partial charge in [0.1, 0.15) is 5.82 Å². The first-order valence-electron chi connectivity index (χ1n) is 9.75. The Bertz CT molecular complexity index is 986. The van der Waals surface area contributed by atoms with Gasteiger partial charge in [0.25, 0.3) is 0 Å². The van der Waals surface area contributed by atoms with Gasteiger partial charge in [-0.2, -0.15) is 0 Å². The molecule has 150 valence electrons. The number of anilines is 1. The number of halogens is 1. The summed E-state index contributed by atoms with van der Waals surface area (Å²) in [6, 6.07) is 13.9. The van der Waals surface area contributed by atoms with E-state index in [1.807, 2.05) is 24.3 Å². The molecule has 3 aromatic rings. The van der Waals surface area contributed by atoms with Crippen molar-refractivity contribution in [3.8, 4) is 11.1 Å². The monoisotopic (exact) mass is 394 g/mol. The van der Waals surface area contributed by atoms with Crippen LogP contribution in [0.3, 0.4) is 0 Å². The molecule has 0 spiro atoms. The van der Waals surface area contributed by atoms with Gasteiger partial charge in [0.15, 0.2) is 0 Å². The maximum absolute atomic E-state index is 13.2. The second-order valence-corrected chi connectivity index (χ2v) is 7.37. The summed E-state index contributed by atoms with van der Waals surface area (Å²) < 4.78 is 18.6. The summed E-state index contributed by atoms with van der Waals surface area (Å²) in [5.41, 5.74) is 2.57. The van der Waals surface area contributed by atoms with E-state index in [4.69, 9.17) is 4.42 Å². The van der Waals surface area contributed by atoms with Gasteiger partial charge < -0.3 is 9.73 Å². The highest BCUT2D eigenvalue weighted by atomic mass is 19.1. The number of rotatable bonds is 5. The van der Waals surface area contributed by atoms with E-state index in [2.05, 4.69) is 20.4 Å². The number of hydrogen-bond acceptors (Lipinski definition) is 5. The van der Waals surface area contributed by atoms with E-state index in [0.29, 0.717) is 24.9 Å². The van der Waals surface area contributed by atoms with Crippen LogP contribution in [0.1, 0.15) is 24.6 Å². The number of aromatic nitrogens is 2. The van der Waals surface area contributed by atoms with Crippen LogP contribution < -0.4 is 5.32 Å². The minimum atomic E-state index is -0.268. The number of nitrogens with zero attached hydrogens (tertiary/aromatic N) is 3. The van der Waals surface area contributed by atoms with Crippen molar-refractivity contribution in [3.05, 3.63) is 66.1 Å². The lowest BCUT2D eigenvalue weighted by molar-refractivity contribution is -0.121. The zero-order valence-electron chi connectivity index (χ0n) is 16.3. The second-order valence-electron chi connectivity index (χ2n) is 7.37. The average Bonchev–Trinajstić information content (AvgIpc) is 3.13. The summed E-state index contributed by atoms with van der Waals surface area (Å²) in [5.74, 6) is 0.772. The molecule has 1 saturated heterocycles. The van der Waals surface area contributed by atoms with Gasteiger partial charge in [-0.3, -0.25) is 9.69 Å². The van der Waals surface area contributed by atoms with Gasteiger partial charge in [0, 0.05) is 19.2 Å². The van der Waals surface area contributed by atoms with Crippen LogP contribution in [-0.4, -0.2) is 34.1 Å². The largest absolute Gasteiger partial charge is 0.424 e. The molecule has 0 radical (unpaired) electrons. The first-order chi connectivity index (χ1) is 14.1. The average molecular weight is 394 g/mol. The number of nitrogens with one attached hydrogen (secondary N) is 1. The highest BCUT2D eigenvalue weighted by Gasteiger charge is 2.26. The van der Waals surface area contributed by atoms with Crippen LogP contribution in [0.25, 0.3) is 11.1 Å². The first-order valence-corrected chi connectivity index (χ1v) is 9.75. The van der Waals surface area contributed by atoms with E-state index in [1.165, 1.54) is 12.1 Å². The van der Waals surface area contributed by atoms with Crippen molar-refractivity contribution in [1.29, 1.82) is 0 Å². The molecule has 2 heterocycles. The van der Waals surface area contributed by atoms with Crippen molar-refractivity contribution < 1.29 is 13.6 Å². The quantitative estimate of drug-likeness (QED) is 0.707. The molecule has 1 aliphatic heterocycles. The maximum Gasteiger partial charge on any atom is 0.230 e. The number of benzene rings is 2. The van der Waals surface area contributed by atoms with E-state index in [1.54, 1.807) is 19.1 Å². The van der Waals surface area contributed by atoms with Gasteiger partial charge in [-0.25, -0.2) is 4.39 Å². The molecule has 2 aromatic carbocycles. The molecular weight excluding hydrogens is 371 g/mol. The Labute approximate surface area is 168 Å². The molecule has 4 rings (SSSR count). The smallest absolute Gasteiger partial charge is 0.230 e. The molecule has 1 atom stereocenters. The summed E-state index contributed by atoms with van der Waals surface area (Å²) in [4.78, 5) is 15.0. The molecule has 6 nitrogen and oxygen atoms in total. The molecule has 7 heteroatoms. The SMILES string of the molecule is Cc1nnc(CN2CCC[C@@H](C(=O)Nc3cccc(-c4ccc(F)cc4)c3)C2)o1. The fraction of sp³-hybridized carbons (Fsp3) is 0.318. The van der Waals surface area contributed by atoms with Crippen LogP contribution >= 0.6 is 0 Å². The Morgan fingerprint density at radius 1 is 1.21 bits per heavy atom. The number of amides is 1. The number of likely N-dealkylation sites (tertiary alicyclic amines) is 1. The predicted octanol–water partition coefficient (Wildman–Crippen LogP) is 4.03. The van der Waals surface area contributed by atoms with Crippen molar-refractivity contribution >= 4 is 11.6 Å². The van der Waals surface area contributed by atoms with E-state index < -0.39 is 0 Å². The highest BCUT2D eigenvalue weighted by Crippen LogP contribution is 2.25. The van der Waals surface area contributed by atoms with Crippen LogP contribution in [0.2, 0.25) is 0 Å². The summed E-state index contributed by atoms with van der Waals surface area (Å²) >= 11 is 0. The Balaban J connectivity index is 1.39. The van der Waals surface area contributed by atoms with Crippen molar-refractivity contribution in [2.45, 2.75) is 26.3 Å². The molecule has 1 aliphatic rings. The molecule has 0 bridgehead atoms. The zero-order chi connectivity index (χ0) is 20.2. The minimum absolute atomic E-state index is 0.00710. The normalized spacial score (nSPS) is 17.2. The van der Waals surface area contributed by atoms with Crippen molar-refractivity contribution in [2.75, 3.05) is 18.4 Å². The number of aryl methyl sites for hydroxylation is 1. The Hall–Kier alpha value is -3.06. The molecule has 0 unspecified atom stereocenters. The third-order valence-electron chi connectivity index (χ3n) is 5.11. The predicted molar refractivity (Wildman–Crippen MR) is 108 cm³/mol. The van der Waals surface area contributed by atoms with Gasteiger partial charge in [-0.05, 0) is 54.8 Å². The Morgan fingerprint density at radius 2 is 2.03 bits per heavy atom. The molecule has 1 fully saturated rings. The zero-order valence-corrected chi connectivity index (χ0v) is 16.3. The lowest BCUT2D eigenvalue weighted by Gasteiger charge is -2.30. The first kappa shape index (κ1) is 19.3. The van der Waals surface area contributed by atoms with Gasteiger partial charge in [-0.15, -0.1) is 10.2 Å². The summed E-state index contributed by atoms with van der Waals surface area (Å²) in [6.07, 6.45) is 1.80. The van der Waals surface area contributed by atoms with E-state index in [-0.39, 0.29) is 17.6 Å². The molecule has 29 heavy (non-hydrogen) atoms. The Kier molecular flexibility index (Phi) is 5.67. The minimum Gasteiger partial charge on any atom is -0.424 e. The molecular formula is C22H23FN4O2. The number of piperidine rings is 1. The van der Waals surface area contributed by atoms with E-state index in [9.17, 15) is 9.18 Å². The topological polar surface area (TPSA) is 71.3 Å². The molecule has 0 saturated carbocycles. The van der Waals surface area contributed by atoms with Crippen LogP contribution in [0.15, 0.2) is 52.9 Å². The van der Waals surface area contributed by atoms with Crippen molar-refractivity contribution in [2.24, 2.45) is 5.92 Å². The highest BCUT2D eigenvalue weighted by molar-refractivity contribution is 5.93. The molecule has 1 amide bonds. The third kappa shape index (κ3) is 4.86. The fourth-order valence-electron chi connectivity index (χ4n) is 3.67. The lowest BCUT2D eigenvalue weighted by atomic mass is 9.97. The van der Waals surface area contributed by atoms with Gasteiger partial charge in [-0.1, -0.05) is 24.3 Å². The van der Waals surface area contributed by atoms with Gasteiger partial charge in [0.05, 0.1) is 12.5 Å². The summed E-state index contributed by atoms with van der Waals surface area (Å²) in [7, 11) is 0. The van der Waals surface area contributed by atoms with E-state index in [0.717, 1.165) is 36.2 Å². The standard InChI is InChI=1S/C22H23FN4O2/c1-15-25-26-21(29-15)14-27-11-3-5-18(13-27)22(28)24-20-6-2-4-17(12-20)16-7-9-19(23)10-8-16/h2,4,6-10,12,18H,3,5,11,13-14H2,1H3,(H,24,28)/t18-/m1/s1.